The standard InChI is InChI=1S/C15H23NO2/c1-3-4-11-16(2)15(17)13-18-12-10-14-8-6-5-7-9-14/h5-9H,3-4,10-13H2,1-2H3. The quantitative estimate of drug-likeness (QED) is 0.662. The zero-order valence-electron chi connectivity index (χ0n) is 11.4. The minimum atomic E-state index is 0.0662. The average Bonchev–Trinajstić information content (AvgIpc) is 2.41. The van der Waals surface area contributed by atoms with Gasteiger partial charge in [-0.05, 0) is 18.4 Å². The molecule has 0 bridgehead atoms. The SMILES string of the molecule is CCCCN(C)C(=O)COCCc1ccccc1. The summed E-state index contributed by atoms with van der Waals surface area (Å²) >= 11 is 0. The molecule has 1 rings (SSSR count). The van der Waals surface area contributed by atoms with Crippen molar-refractivity contribution in [2.75, 3.05) is 26.8 Å². The molecule has 0 unspecified atom stereocenters. The highest BCUT2D eigenvalue weighted by atomic mass is 16.5. The Labute approximate surface area is 110 Å². The van der Waals surface area contributed by atoms with Crippen LogP contribution in [0.15, 0.2) is 30.3 Å². The molecule has 100 valence electrons. The van der Waals surface area contributed by atoms with Crippen LogP contribution in [0.4, 0.5) is 0 Å². The van der Waals surface area contributed by atoms with Crippen LogP contribution in [-0.2, 0) is 16.0 Å². The van der Waals surface area contributed by atoms with E-state index < -0.39 is 0 Å². The van der Waals surface area contributed by atoms with Crippen molar-refractivity contribution < 1.29 is 9.53 Å². The summed E-state index contributed by atoms with van der Waals surface area (Å²) in [4.78, 5) is 13.4. The summed E-state index contributed by atoms with van der Waals surface area (Å²) in [7, 11) is 1.83. The third-order valence-electron chi connectivity index (χ3n) is 2.88. The highest BCUT2D eigenvalue weighted by Gasteiger charge is 2.07. The molecule has 1 amide bonds. The van der Waals surface area contributed by atoms with Gasteiger partial charge in [-0.2, -0.15) is 0 Å². The molecule has 3 nitrogen and oxygen atoms in total. The first-order valence-electron chi connectivity index (χ1n) is 6.59. The maximum absolute atomic E-state index is 11.7. The highest BCUT2D eigenvalue weighted by molar-refractivity contribution is 5.77. The number of hydrogen-bond donors (Lipinski definition) is 0. The lowest BCUT2D eigenvalue weighted by atomic mass is 10.2. The number of nitrogens with zero attached hydrogens (tertiary/aromatic N) is 1. The lowest BCUT2D eigenvalue weighted by Gasteiger charge is -2.16. The Balaban J connectivity index is 2.12. The molecule has 0 atom stereocenters. The number of benzene rings is 1. The van der Waals surface area contributed by atoms with Crippen molar-refractivity contribution in [1.82, 2.24) is 4.90 Å². The zero-order chi connectivity index (χ0) is 13.2. The van der Waals surface area contributed by atoms with Gasteiger partial charge in [0.1, 0.15) is 6.61 Å². The number of carbonyl (C=O) groups excluding carboxylic acids is 1. The number of likely N-dealkylation sites (N-methyl/N-ethyl adjacent to an activating group) is 1. The Morgan fingerprint density at radius 3 is 2.67 bits per heavy atom. The van der Waals surface area contributed by atoms with E-state index in [1.165, 1.54) is 5.56 Å². The molecule has 1 aromatic carbocycles. The van der Waals surface area contributed by atoms with Crippen molar-refractivity contribution in [3.63, 3.8) is 0 Å². The third kappa shape index (κ3) is 5.82. The van der Waals surface area contributed by atoms with Crippen LogP contribution in [-0.4, -0.2) is 37.6 Å². The van der Waals surface area contributed by atoms with E-state index in [0.29, 0.717) is 6.61 Å². The highest BCUT2D eigenvalue weighted by Crippen LogP contribution is 2.00. The first kappa shape index (κ1) is 14.7. The Kier molecular flexibility index (Phi) is 7.11. The number of carbonyl (C=O) groups is 1. The maximum atomic E-state index is 11.7. The molecule has 0 heterocycles. The van der Waals surface area contributed by atoms with Gasteiger partial charge in [-0.15, -0.1) is 0 Å². The van der Waals surface area contributed by atoms with Crippen LogP contribution in [0.1, 0.15) is 25.3 Å². The normalized spacial score (nSPS) is 10.3. The van der Waals surface area contributed by atoms with Crippen LogP contribution >= 0.6 is 0 Å². The van der Waals surface area contributed by atoms with E-state index in [1.807, 2.05) is 25.2 Å². The molecule has 0 radical (unpaired) electrons. The summed E-state index contributed by atoms with van der Waals surface area (Å²) in [6.45, 7) is 3.72. The second kappa shape index (κ2) is 8.70. The van der Waals surface area contributed by atoms with Crippen LogP contribution in [0.25, 0.3) is 0 Å². The average molecular weight is 249 g/mol. The van der Waals surface area contributed by atoms with Gasteiger partial charge in [0.15, 0.2) is 0 Å². The van der Waals surface area contributed by atoms with Crippen molar-refractivity contribution >= 4 is 5.91 Å². The molecule has 1 aromatic rings. The molecule has 0 aliphatic carbocycles. The monoisotopic (exact) mass is 249 g/mol. The van der Waals surface area contributed by atoms with Crippen molar-refractivity contribution in [3.8, 4) is 0 Å². The fraction of sp³-hybridized carbons (Fsp3) is 0.533. The van der Waals surface area contributed by atoms with Gasteiger partial charge in [0, 0.05) is 13.6 Å². The molecular weight excluding hydrogens is 226 g/mol. The van der Waals surface area contributed by atoms with E-state index in [0.717, 1.165) is 25.8 Å². The van der Waals surface area contributed by atoms with E-state index in [1.54, 1.807) is 4.90 Å². The molecule has 3 heteroatoms. The van der Waals surface area contributed by atoms with Crippen LogP contribution in [0.5, 0.6) is 0 Å². The van der Waals surface area contributed by atoms with Gasteiger partial charge >= 0.3 is 0 Å². The van der Waals surface area contributed by atoms with E-state index in [2.05, 4.69) is 19.1 Å². The summed E-state index contributed by atoms with van der Waals surface area (Å²) in [6.07, 6.45) is 3.01. The van der Waals surface area contributed by atoms with Gasteiger partial charge in [-0.25, -0.2) is 0 Å². The van der Waals surface area contributed by atoms with Crippen LogP contribution in [0.3, 0.4) is 0 Å². The van der Waals surface area contributed by atoms with Crippen molar-refractivity contribution in [2.45, 2.75) is 26.2 Å². The lowest BCUT2D eigenvalue weighted by Crippen LogP contribution is -2.31. The predicted molar refractivity (Wildman–Crippen MR) is 73.5 cm³/mol. The van der Waals surface area contributed by atoms with Gasteiger partial charge in [-0.1, -0.05) is 43.7 Å². The fourth-order valence-corrected chi connectivity index (χ4v) is 1.62. The summed E-state index contributed by atoms with van der Waals surface area (Å²) in [5, 5.41) is 0. The van der Waals surface area contributed by atoms with Crippen molar-refractivity contribution in [1.29, 1.82) is 0 Å². The summed E-state index contributed by atoms with van der Waals surface area (Å²) in [5.74, 6) is 0.0662. The van der Waals surface area contributed by atoms with Gasteiger partial charge in [0.2, 0.25) is 5.91 Å². The second-order valence-electron chi connectivity index (χ2n) is 4.46. The molecule has 0 spiro atoms. The van der Waals surface area contributed by atoms with Crippen LogP contribution in [0.2, 0.25) is 0 Å². The second-order valence-corrected chi connectivity index (χ2v) is 4.46. The summed E-state index contributed by atoms with van der Waals surface area (Å²) in [6, 6.07) is 10.2. The molecule has 0 aromatic heterocycles. The van der Waals surface area contributed by atoms with Crippen LogP contribution in [0, 0.1) is 0 Å². The Hall–Kier alpha value is -1.35. The van der Waals surface area contributed by atoms with Gasteiger partial charge < -0.3 is 9.64 Å². The number of rotatable bonds is 8. The zero-order valence-corrected chi connectivity index (χ0v) is 11.4. The lowest BCUT2D eigenvalue weighted by molar-refractivity contribution is -0.134. The van der Waals surface area contributed by atoms with E-state index in [-0.39, 0.29) is 12.5 Å². The smallest absolute Gasteiger partial charge is 0.248 e. The topological polar surface area (TPSA) is 29.5 Å². The largest absolute Gasteiger partial charge is 0.371 e. The molecule has 18 heavy (non-hydrogen) atoms. The Morgan fingerprint density at radius 1 is 1.28 bits per heavy atom. The summed E-state index contributed by atoms with van der Waals surface area (Å²) in [5.41, 5.74) is 1.24. The van der Waals surface area contributed by atoms with Crippen molar-refractivity contribution in [2.24, 2.45) is 0 Å². The molecular formula is C15H23NO2. The van der Waals surface area contributed by atoms with E-state index in [4.69, 9.17) is 4.74 Å². The Morgan fingerprint density at radius 2 is 2.00 bits per heavy atom. The molecule has 0 N–H and O–H groups in total. The van der Waals surface area contributed by atoms with Gasteiger partial charge in [0.25, 0.3) is 0 Å². The first-order valence-corrected chi connectivity index (χ1v) is 6.59. The third-order valence-corrected chi connectivity index (χ3v) is 2.88. The molecule has 0 fully saturated rings. The number of ether oxygens (including phenoxy) is 1. The Bertz CT molecular complexity index is 338. The summed E-state index contributed by atoms with van der Waals surface area (Å²) < 4.78 is 5.41. The van der Waals surface area contributed by atoms with E-state index >= 15 is 0 Å². The maximum Gasteiger partial charge on any atom is 0.248 e. The predicted octanol–water partition coefficient (Wildman–Crippen LogP) is 2.50. The van der Waals surface area contributed by atoms with Crippen molar-refractivity contribution in [3.05, 3.63) is 35.9 Å². The molecule has 0 aliphatic heterocycles. The number of hydrogen-bond acceptors (Lipinski definition) is 2. The van der Waals surface area contributed by atoms with Gasteiger partial charge in [-0.3, -0.25) is 4.79 Å². The minimum absolute atomic E-state index is 0.0662. The van der Waals surface area contributed by atoms with Gasteiger partial charge in [0.05, 0.1) is 6.61 Å². The fourth-order valence-electron chi connectivity index (χ4n) is 1.62. The molecule has 0 saturated carbocycles. The number of amides is 1. The van der Waals surface area contributed by atoms with E-state index in [9.17, 15) is 4.79 Å². The van der Waals surface area contributed by atoms with Crippen LogP contribution < -0.4 is 0 Å². The molecule has 0 aliphatic rings. The first-order chi connectivity index (χ1) is 8.74. The molecule has 0 saturated heterocycles. The minimum Gasteiger partial charge on any atom is -0.371 e. The number of unbranched alkanes of at least 4 members (excludes halogenated alkanes) is 1.